The number of aliphatic hydroxyl groups is 1. The molecule has 0 spiro atoms. The van der Waals surface area contributed by atoms with Crippen LogP contribution in [0.15, 0.2) is 23.5 Å². The Morgan fingerprint density at radius 3 is 2.63 bits per heavy atom. The van der Waals surface area contributed by atoms with E-state index in [0.29, 0.717) is 30.1 Å². The molecule has 2 fully saturated rings. The van der Waals surface area contributed by atoms with Gasteiger partial charge in [-0.1, -0.05) is 33.8 Å². The third-order valence-electron chi connectivity index (χ3n) is 9.41. The van der Waals surface area contributed by atoms with Crippen molar-refractivity contribution in [1.82, 2.24) is 0 Å². The third kappa shape index (κ3) is 3.43. The maximum Gasteiger partial charge on any atom is 0.303 e. The zero-order chi connectivity index (χ0) is 21.7. The molecule has 0 unspecified atom stereocenters. The second-order valence-electron chi connectivity index (χ2n) is 11.4. The fourth-order valence-corrected chi connectivity index (χ4v) is 7.52. The van der Waals surface area contributed by atoms with Crippen molar-refractivity contribution in [2.24, 2.45) is 34.5 Å². The summed E-state index contributed by atoms with van der Waals surface area (Å²) in [6, 6.07) is 0. The molecule has 4 heteroatoms. The van der Waals surface area contributed by atoms with Gasteiger partial charge in [0.2, 0.25) is 0 Å². The Morgan fingerprint density at radius 1 is 1.20 bits per heavy atom. The topological polar surface area (TPSA) is 66.8 Å². The van der Waals surface area contributed by atoms with E-state index in [1.807, 2.05) is 0 Å². The number of aliphatic carboxylic acids is 1. The monoisotopic (exact) mass is 416 g/mol. The van der Waals surface area contributed by atoms with Gasteiger partial charge in [-0.15, -0.1) is 0 Å². The smallest absolute Gasteiger partial charge is 0.303 e. The highest BCUT2D eigenvalue weighted by Gasteiger charge is 2.63. The van der Waals surface area contributed by atoms with Crippen LogP contribution in [-0.4, -0.2) is 28.4 Å². The molecule has 0 saturated heterocycles. The number of hydrogen-bond donors (Lipinski definition) is 2. The minimum atomic E-state index is -0.823. The molecule has 0 amide bonds. The van der Waals surface area contributed by atoms with E-state index in [1.54, 1.807) is 0 Å². The molecule has 4 aliphatic carbocycles. The van der Waals surface area contributed by atoms with Crippen molar-refractivity contribution in [2.75, 3.05) is 6.61 Å². The molecular formula is C26H40O4. The zero-order valence-electron chi connectivity index (χ0n) is 19.2. The van der Waals surface area contributed by atoms with E-state index < -0.39 is 11.6 Å². The van der Waals surface area contributed by atoms with Crippen molar-refractivity contribution >= 4 is 5.97 Å². The summed E-state index contributed by atoms with van der Waals surface area (Å²) < 4.78 is 6.07. The molecule has 2 saturated carbocycles. The molecule has 0 bridgehead atoms. The second kappa shape index (κ2) is 7.69. The average molecular weight is 417 g/mol. The minimum Gasteiger partial charge on any atom is -0.498 e. The molecule has 4 rings (SSSR count). The van der Waals surface area contributed by atoms with Crippen molar-refractivity contribution in [3.05, 3.63) is 23.5 Å². The standard InChI is InChI=1S/C26H40O4/c1-17(2)16-30-19-7-11-24(3)18(15-19)5-6-20-21(24)8-12-25(4)22(20)9-13-26(25,29)14-10-23(27)28/h5,15,17,20-22,29H,6-14,16H2,1-4H3,(H,27,28)/t20-,21+,22+,24+,25+,26+/m1/s1. The van der Waals surface area contributed by atoms with Crippen LogP contribution >= 0.6 is 0 Å². The van der Waals surface area contributed by atoms with Gasteiger partial charge in [0.15, 0.2) is 0 Å². The summed E-state index contributed by atoms with van der Waals surface area (Å²) in [5.41, 5.74) is 0.699. The zero-order valence-corrected chi connectivity index (χ0v) is 19.2. The number of fused-ring (bicyclic) bond motifs is 5. The maximum absolute atomic E-state index is 11.5. The first kappa shape index (κ1) is 21.9. The van der Waals surface area contributed by atoms with Gasteiger partial charge in [0.05, 0.1) is 18.0 Å². The summed E-state index contributed by atoms with van der Waals surface area (Å²) in [6.45, 7) is 9.88. The largest absolute Gasteiger partial charge is 0.498 e. The number of carboxylic acids is 1. The minimum absolute atomic E-state index is 0.0681. The van der Waals surface area contributed by atoms with Gasteiger partial charge in [-0.25, -0.2) is 0 Å². The molecule has 0 radical (unpaired) electrons. The van der Waals surface area contributed by atoms with Crippen molar-refractivity contribution < 1.29 is 19.7 Å². The highest BCUT2D eigenvalue weighted by atomic mass is 16.5. The van der Waals surface area contributed by atoms with E-state index >= 15 is 0 Å². The van der Waals surface area contributed by atoms with Crippen molar-refractivity contribution in [3.63, 3.8) is 0 Å². The van der Waals surface area contributed by atoms with Gasteiger partial charge in [-0.2, -0.15) is 0 Å². The summed E-state index contributed by atoms with van der Waals surface area (Å²) in [6.07, 6.45) is 12.4. The number of hydrogen-bond acceptors (Lipinski definition) is 3. The average Bonchev–Trinajstić information content (AvgIpc) is 2.96. The van der Waals surface area contributed by atoms with E-state index in [4.69, 9.17) is 4.74 Å². The van der Waals surface area contributed by atoms with E-state index in [2.05, 4.69) is 39.8 Å². The fraction of sp³-hybridized carbons (Fsp3) is 0.808. The van der Waals surface area contributed by atoms with Crippen molar-refractivity contribution in [3.8, 4) is 0 Å². The molecule has 0 aromatic carbocycles. The lowest BCUT2D eigenvalue weighted by atomic mass is 9.47. The third-order valence-corrected chi connectivity index (χ3v) is 9.41. The van der Waals surface area contributed by atoms with Gasteiger partial charge in [0.25, 0.3) is 0 Å². The Kier molecular flexibility index (Phi) is 5.62. The van der Waals surface area contributed by atoms with Crippen LogP contribution in [0.2, 0.25) is 0 Å². The Labute approximate surface area is 181 Å². The molecular weight excluding hydrogens is 376 g/mol. The summed E-state index contributed by atoms with van der Waals surface area (Å²) in [5.74, 6) is 2.64. The van der Waals surface area contributed by atoms with Crippen molar-refractivity contribution in [1.29, 1.82) is 0 Å². The first-order valence-electron chi connectivity index (χ1n) is 12.1. The Bertz CT molecular complexity index is 752. The van der Waals surface area contributed by atoms with Crippen LogP contribution in [0, 0.1) is 34.5 Å². The van der Waals surface area contributed by atoms with Crippen LogP contribution < -0.4 is 0 Å². The number of carboxylic acid groups (broad SMARTS) is 1. The SMILES string of the molecule is CC(C)COC1=CC2=CC[C@@H]3[C@H](CC[C@@]4(C)[C@H]3CC[C@]4(O)CCC(=O)O)[C@@]2(C)CC1. The van der Waals surface area contributed by atoms with Gasteiger partial charge in [0.1, 0.15) is 0 Å². The number of rotatable bonds is 6. The summed E-state index contributed by atoms with van der Waals surface area (Å²) in [5, 5.41) is 20.7. The van der Waals surface area contributed by atoms with Crippen LogP contribution in [0.4, 0.5) is 0 Å². The van der Waals surface area contributed by atoms with Gasteiger partial charge in [-0.05, 0) is 91.1 Å². The van der Waals surface area contributed by atoms with Gasteiger partial charge in [0, 0.05) is 12.8 Å². The highest BCUT2D eigenvalue weighted by molar-refractivity contribution is 5.66. The maximum atomic E-state index is 11.5. The van der Waals surface area contributed by atoms with E-state index in [1.165, 1.54) is 5.57 Å². The first-order valence-corrected chi connectivity index (χ1v) is 12.1. The lowest BCUT2D eigenvalue weighted by Crippen LogP contribution is -2.54. The molecule has 6 atom stereocenters. The summed E-state index contributed by atoms with van der Waals surface area (Å²) >= 11 is 0. The lowest BCUT2D eigenvalue weighted by Gasteiger charge is -2.58. The lowest BCUT2D eigenvalue weighted by molar-refractivity contribution is -0.145. The van der Waals surface area contributed by atoms with Crippen LogP contribution in [-0.2, 0) is 9.53 Å². The van der Waals surface area contributed by atoms with Crippen molar-refractivity contribution in [2.45, 2.75) is 91.1 Å². The molecule has 0 aliphatic heterocycles. The number of ether oxygens (including phenoxy) is 1. The molecule has 0 aromatic rings. The molecule has 4 aliphatic rings. The molecule has 0 heterocycles. The van der Waals surface area contributed by atoms with E-state index in [0.717, 1.165) is 57.3 Å². The highest BCUT2D eigenvalue weighted by Crippen LogP contribution is 2.67. The van der Waals surface area contributed by atoms with E-state index in [-0.39, 0.29) is 17.3 Å². The molecule has 0 aromatic heterocycles. The molecule has 4 nitrogen and oxygen atoms in total. The predicted molar refractivity (Wildman–Crippen MR) is 118 cm³/mol. The molecule has 2 N–H and O–H groups in total. The van der Waals surface area contributed by atoms with Gasteiger partial charge in [-0.3, -0.25) is 4.79 Å². The van der Waals surface area contributed by atoms with Crippen LogP contribution in [0.5, 0.6) is 0 Å². The number of allylic oxidation sites excluding steroid dienone is 4. The predicted octanol–water partition coefficient (Wildman–Crippen LogP) is 5.71. The van der Waals surface area contributed by atoms with Crippen LogP contribution in [0.3, 0.4) is 0 Å². The normalized spacial score (nSPS) is 42.7. The Morgan fingerprint density at radius 2 is 1.93 bits per heavy atom. The van der Waals surface area contributed by atoms with Crippen LogP contribution in [0.1, 0.15) is 85.5 Å². The first-order chi connectivity index (χ1) is 14.1. The number of carbonyl (C=O) groups is 1. The quantitative estimate of drug-likeness (QED) is 0.582. The molecule has 168 valence electrons. The van der Waals surface area contributed by atoms with E-state index in [9.17, 15) is 15.0 Å². The van der Waals surface area contributed by atoms with Crippen LogP contribution in [0.25, 0.3) is 0 Å². The summed E-state index contributed by atoms with van der Waals surface area (Å²) in [7, 11) is 0. The Balaban J connectivity index is 1.56. The van der Waals surface area contributed by atoms with Gasteiger partial charge < -0.3 is 14.9 Å². The molecule has 30 heavy (non-hydrogen) atoms. The fourth-order valence-electron chi connectivity index (χ4n) is 7.52. The van der Waals surface area contributed by atoms with Gasteiger partial charge >= 0.3 is 5.97 Å². The Hall–Kier alpha value is -1.29. The summed E-state index contributed by atoms with van der Waals surface area (Å²) in [4.78, 5) is 11.2. The second-order valence-corrected chi connectivity index (χ2v) is 11.4.